The van der Waals surface area contributed by atoms with Crippen LogP contribution in [0.15, 0.2) is 149 Å². The Morgan fingerprint density at radius 2 is 1.43 bits per heavy atom. The predicted molar refractivity (Wildman–Crippen MR) is 238 cm³/mol. The molecule has 3 amide bonds. The lowest BCUT2D eigenvalue weighted by atomic mass is 10.0. The maximum atomic E-state index is 14.6. The number of carbonyl (C=O) groups is 5. The van der Waals surface area contributed by atoms with Gasteiger partial charge in [-0.15, -0.1) is 28.2 Å². The molecule has 0 spiro atoms. The largest absolute Gasteiger partial charge is 0.451 e. The van der Waals surface area contributed by atoms with Gasteiger partial charge in [-0.05, 0) is 38.3 Å². The first-order chi connectivity index (χ1) is 30.8. The summed E-state index contributed by atoms with van der Waals surface area (Å²) in [5, 5.41) is 18.6. The van der Waals surface area contributed by atoms with E-state index in [2.05, 4.69) is 31.1 Å². The molecule has 1 unspecified atom stereocenters. The average molecular weight is 919 g/mol. The van der Waals surface area contributed by atoms with Crippen LogP contribution in [0.4, 0.5) is 5.13 Å². The number of halogens is 1. The highest BCUT2D eigenvalue weighted by Crippen LogP contribution is 2.43. The first-order valence-corrected chi connectivity index (χ1v) is 22.6. The van der Waals surface area contributed by atoms with Crippen molar-refractivity contribution in [2.45, 2.75) is 35.3 Å². The van der Waals surface area contributed by atoms with Gasteiger partial charge in [0.1, 0.15) is 23.7 Å². The van der Waals surface area contributed by atoms with Crippen molar-refractivity contribution in [1.82, 2.24) is 35.4 Å². The fraction of sp³-hybridized carbons (Fsp3) is 0.159. The van der Waals surface area contributed by atoms with Gasteiger partial charge >= 0.3 is 11.9 Å². The lowest BCUT2D eigenvalue weighted by molar-refractivity contribution is -0.154. The number of esters is 2. The number of amides is 3. The number of aromatic nitrogens is 5. The van der Waals surface area contributed by atoms with Crippen molar-refractivity contribution in [3.8, 4) is 0 Å². The van der Waals surface area contributed by atoms with Gasteiger partial charge in [0.05, 0.1) is 11.3 Å². The van der Waals surface area contributed by atoms with Crippen molar-refractivity contribution in [2.75, 3.05) is 16.8 Å². The number of nitrogens with zero attached hydrogens (tertiary/aromatic N) is 6. The molecule has 4 heterocycles. The van der Waals surface area contributed by atoms with Crippen LogP contribution < -0.4 is 10.6 Å². The number of thioether (sulfide) groups is 2. The quantitative estimate of drug-likeness (QED) is 0.0337. The van der Waals surface area contributed by atoms with Gasteiger partial charge in [0, 0.05) is 22.4 Å². The second-order valence-corrected chi connectivity index (χ2v) is 17.0. The first kappa shape index (κ1) is 43.1. The van der Waals surface area contributed by atoms with Gasteiger partial charge in [-0.2, -0.15) is 0 Å². The molecule has 0 aliphatic carbocycles. The molecule has 2 atom stereocenters. The number of rotatable bonds is 17. The van der Waals surface area contributed by atoms with Gasteiger partial charge < -0.3 is 20.1 Å². The van der Waals surface area contributed by atoms with Crippen molar-refractivity contribution in [3.63, 3.8) is 0 Å². The molecule has 15 nitrogen and oxygen atoms in total. The second-order valence-electron chi connectivity index (χ2n) is 13.8. The fourth-order valence-electron chi connectivity index (χ4n) is 6.91. The average Bonchev–Trinajstić information content (AvgIpc) is 3.98. The fourth-order valence-corrected chi connectivity index (χ4v) is 10.2. The van der Waals surface area contributed by atoms with Crippen molar-refractivity contribution in [3.05, 3.63) is 171 Å². The number of hydrogen-bond acceptors (Lipinski definition) is 14. The topological polar surface area (TPSA) is 188 Å². The normalized spacial score (nSPS) is 16.0. The van der Waals surface area contributed by atoms with E-state index in [1.807, 2.05) is 121 Å². The van der Waals surface area contributed by atoms with E-state index < -0.39 is 47.4 Å². The Hall–Kier alpha value is -6.60. The van der Waals surface area contributed by atoms with Crippen LogP contribution in [-0.2, 0) is 40.0 Å². The van der Waals surface area contributed by atoms with E-state index in [0.717, 1.165) is 39.1 Å². The first-order valence-electron chi connectivity index (χ1n) is 19.3. The van der Waals surface area contributed by atoms with Crippen LogP contribution in [-0.4, -0.2) is 83.2 Å². The third-order valence-corrected chi connectivity index (χ3v) is 13.3. The maximum Gasteiger partial charge on any atom is 0.356 e. The molecular weight excluding hydrogens is 884 g/mol. The Bertz CT molecular complexity index is 2590. The van der Waals surface area contributed by atoms with Crippen LogP contribution >= 0.6 is 46.5 Å². The molecule has 63 heavy (non-hydrogen) atoms. The summed E-state index contributed by atoms with van der Waals surface area (Å²) in [5.74, 6) is -2.13. The number of thiazole rings is 1. The molecule has 1 saturated heterocycles. The number of fused-ring (bicyclic) bond motifs is 1. The summed E-state index contributed by atoms with van der Waals surface area (Å²) in [6.07, 6.45) is -1.02. The second kappa shape index (κ2) is 20.1. The minimum absolute atomic E-state index is 0.0167. The standard InChI is InChI=1S/C44H35ClN8O7S3/c45-21-32(33-25-62-43(47-33)46-26-54)39(56)48-35-40(57)53-36(42(58)60-38(29-17-9-3-10-18-29)30-19-11-4-12-20-30)31(23-61-41(35)53)24-63-44-49-50-51-52(44)22-34(55)59-37(27-13-5-1-6-14-27)28-15-7-2-8-16-28/h1-21,25-26,35,37-38,41H,22-24H2,(H,48,56)(H,46,47,54)/t35?,41-/m1/s1. The molecule has 6 aromatic rings. The molecular formula is C44H35ClN8O7S3. The number of tetrazole rings is 1. The van der Waals surface area contributed by atoms with Crippen LogP contribution in [0.3, 0.4) is 0 Å². The Balaban J connectivity index is 1.04. The zero-order chi connectivity index (χ0) is 43.7. The van der Waals surface area contributed by atoms with Gasteiger partial charge in [-0.25, -0.2) is 14.5 Å². The lowest BCUT2D eigenvalue weighted by Gasteiger charge is -2.49. The van der Waals surface area contributed by atoms with Gasteiger partial charge in [-0.3, -0.25) is 24.1 Å². The van der Waals surface area contributed by atoms with Gasteiger partial charge in [-0.1, -0.05) is 145 Å². The van der Waals surface area contributed by atoms with E-state index in [1.54, 1.807) is 5.38 Å². The Morgan fingerprint density at radius 3 is 1.98 bits per heavy atom. The highest BCUT2D eigenvalue weighted by Gasteiger charge is 2.55. The molecule has 0 bridgehead atoms. The smallest absolute Gasteiger partial charge is 0.356 e. The van der Waals surface area contributed by atoms with Gasteiger partial charge in [0.25, 0.3) is 11.8 Å². The number of hydrogen-bond donors (Lipinski definition) is 2. The summed E-state index contributed by atoms with van der Waals surface area (Å²) in [6.45, 7) is -0.299. The molecule has 318 valence electrons. The SMILES string of the molecule is O=CNc1nc(C(=CCl)C(=O)NC2C(=O)N3C(C(=O)OC(c4ccccc4)c4ccccc4)=C(CSc4nnnn4CC(=O)OC(c4ccccc4)c4ccccc4)CS[C@H]23)cs1. The molecule has 1 fully saturated rings. The summed E-state index contributed by atoms with van der Waals surface area (Å²) in [6, 6.07) is 36.3. The van der Waals surface area contributed by atoms with Crippen LogP contribution in [0, 0.1) is 0 Å². The monoisotopic (exact) mass is 918 g/mol. The summed E-state index contributed by atoms with van der Waals surface area (Å²) in [4.78, 5) is 72.2. The highest BCUT2D eigenvalue weighted by atomic mass is 35.5. The zero-order valence-corrected chi connectivity index (χ0v) is 36.1. The van der Waals surface area contributed by atoms with Crippen molar-refractivity contribution < 1.29 is 33.4 Å². The van der Waals surface area contributed by atoms with E-state index in [1.165, 1.54) is 33.1 Å². The minimum atomic E-state index is -1.02. The number of nitrogens with one attached hydrogen (secondary N) is 2. The summed E-state index contributed by atoms with van der Waals surface area (Å²) in [7, 11) is 0. The van der Waals surface area contributed by atoms with Crippen molar-refractivity contribution in [1.29, 1.82) is 0 Å². The highest BCUT2D eigenvalue weighted by molar-refractivity contribution is 8.01. The number of ether oxygens (including phenoxy) is 2. The molecule has 4 aromatic carbocycles. The van der Waals surface area contributed by atoms with E-state index in [9.17, 15) is 24.0 Å². The summed E-state index contributed by atoms with van der Waals surface area (Å²) >= 11 is 9.69. The Morgan fingerprint density at radius 1 is 0.857 bits per heavy atom. The lowest BCUT2D eigenvalue weighted by Crippen LogP contribution is -2.70. The molecule has 8 rings (SSSR count). The molecule has 0 saturated carbocycles. The Kier molecular flexibility index (Phi) is 13.7. The molecule has 2 N–H and O–H groups in total. The predicted octanol–water partition coefficient (Wildman–Crippen LogP) is 6.39. The van der Waals surface area contributed by atoms with E-state index in [-0.39, 0.29) is 45.3 Å². The van der Waals surface area contributed by atoms with Crippen LogP contribution in [0.2, 0.25) is 0 Å². The third-order valence-electron chi connectivity index (χ3n) is 9.88. The van der Waals surface area contributed by atoms with Crippen molar-refractivity contribution in [2.24, 2.45) is 0 Å². The number of β-lactam (4-membered cyclic amide) rings is 1. The van der Waals surface area contributed by atoms with Crippen LogP contribution in [0.5, 0.6) is 0 Å². The molecule has 2 aromatic heterocycles. The number of benzene rings is 4. The zero-order valence-electron chi connectivity index (χ0n) is 32.9. The summed E-state index contributed by atoms with van der Waals surface area (Å²) in [5.41, 5.74) is 4.85. The van der Waals surface area contributed by atoms with Crippen molar-refractivity contribution >= 4 is 87.3 Å². The van der Waals surface area contributed by atoms with E-state index in [0.29, 0.717) is 12.0 Å². The van der Waals surface area contributed by atoms with Crippen LogP contribution in [0.25, 0.3) is 5.57 Å². The van der Waals surface area contributed by atoms with Gasteiger partial charge in [0.2, 0.25) is 11.6 Å². The summed E-state index contributed by atoms with van der Waals surface area (Å²) < 4.78 is 13.6. The number of anilines is 1. The molecule has 0 radical (unpaired) electrons. The molecule has 2 aliphatic rings. The minimum Gasteiger partial charge on any atom is -0.451 e. The third kappa shape index (κ3) is 9.73. The Labute approximate surface area is 377 Å². The molecule has 19 heteroatoms. The molecule has 2 aliphatic heterocycles. The van der Waals surface area contributed by atoms with E-state index >= 15 is 0 Å². The van der Waals surface area contributed by atoms with Gasteiger partial charge in [0.15, 0.2) is 17.3 Å². The number of carbonyl (C=O) groups excluding carboxylic acids is 5. The maximum absolute atomic E-state index is 14.6. The van der Waals surface area contributed by atoms with E-state index in [4.69, 9.17) is 21.1 Å². The van der Waals surface area contributed by atoms with Crippen LogP contribution in [0.1, 0.15) is 40.2 Å².